The number of aromatic nitrogens is 1. The van der Waals surface area contributed by atoms with Gasteiger partial charge < -0.3 is 11.1 Å². The Kier molecular flexibility index (Phi) is 3.71. The zero-order chi connectivity index (χ0) is 12.3. The van der Waals surface area contributed by atoms with Crippen LogP contribution in [0.3, 0.4) is 0 Å². The molecule has 0 bridgehead atoms. The first-order chi connectivity index (χ1) is 8.19. The summed E-state index contributed by atoms with van der Waals surface area (Å²) in [6.45, 7) is 2.52. The van der Waals surface area contributed by atoms with Crippen LogP contribution < -0.4 is 11.1 Å². The molecular weight excluding hydrogens is 234 g/mol. The summed E-state index contributed by atoms with van der Waals surface area (Å²) in [5.41, 5.74) is 7.16. The number of rotatable bonds is 4. The van der Waals surface area contributed by atoms with Crippen molar-refractivity contribution in [3.8, 4) is 0 Å². The highest BCUT2D eigenvalue weighted by Crippen LogP contribution is 2.24. The van der Waals surface area contributed by atoms with Crippen LogP contribution in [0.2, 0.25) is 0 Å². The van der Waals surface area contributed by atoms with Gasteiger partial charge >= 0.3 is 0 Å². The number of aryl methyl sites for hydroxylation is 1. The second kappa shape index (κ2) is 5.25. The highest BCUT2D eigenvalue weighted by atomic mass is 32.1. The van der Waals surface area contributed by atoms with Gasteiger partial charge in [0.05, 0.1) is 15.2 Å². The number of thiazole rings is 1. The Morgan fingerprint density at radius 2 is 2.35 bits per heavy atom. The van der Waals surface area contributed by atoms with Crippen molar-refractivity contribution in [3.05, 3.63) is 23.2 Å². The highest BCUT2D eigenvalue weighted by Gasteiger charge is 2.04. The molecule has 1 amide bonds. The number of nitrogens with zero attached hydrogens (tertiary/aromatic N) is 1. The molecular formula is C12H15N3OS. The number of nitrogens with two attached hydrogens (primary N) is 1. The van der Waals surface area contributed by atoms with Crippen LogP contribution in [0.5, 0.6) is 0 Å². The first kappa shape index (κ1) is 12.0. The van der Waals surface area contributed by atoms with Gasteiger partial charge in [-0.2, -0.15) is 0 Å². The van der Waals surface area contributed by atoms with Crippen molar-refractivity contribution < 1.29 is 4.79 Å². The van der Waals surface area contributed by atoms with Crippen LogP contribution in [-0.4, -0.2) is 17.4 Å². The van der Waals surface area contributed by atoms with E-state index >= 15 is 0 Å². The van der Waals surface area contributed by atoms with E-state index in [-0.39, 0.29) is 5.91 Å². The minimum atomic E-state index is 0.0102. The molecule has 2 rings (SSSR count). The maximum Gasteiger partial charge on any atom is 0.224 e. The third kappa shape index (κ3) is 3.01. The Hall–Kier alpha value is -1.46. The van der Waals surface area contributed by atoms with E-state index in [2.05, 4.69) is 10.3 Å². The molecule has 17 heavy (non-hydrogen) atoms. The minimum Gasteiger partial charge on any atom is -0.330 e. The number of fused-ring (bicyclic) bond motifs is 1. The van der Waals surface area contributed by atoms with Crippen molar-refractivity contribution in [1.29, 1.82) is 0 Å². The molecule has 3 N–H and O–H groups in total. The maximum absolute atomic E-state index is 11.5. The van der Waals surface area contributed by atoms with Gasteiger partial charge in [0.15, 0.2) is 0 Å². The topological polar surface area (TPSA) is 68.0 Å². The molecule has 0 fully saturated rings. The van der Waals surface area contributed by atoms with Crippen molar-refractivity contribution in [1.82, 2.24) is 4.98 Å². The van der Waals surface area contributed by atoms with Gasteiger partial charge in [0, 0.05) is 12.1 Å². The summed E-state index contributed by atoms with van der Waals surface area (Å²) in [6, 6.07) is 5.76. The molecule has 5 heteroatoms. The van der Waals surface area contributed by atoms with Crippen molar-refractivity contribution in [2.45, 2.75) is 19.8 Å². The normalized spacial score (nSPS) is 10.7. The molecule has 4 nitrogen and oxygen atoms in total. The van der Waals surface area contributed by atoms with Crippen LogP contribution >= 0.6 is 11.3 Å². The molecule has 1 heterocycles. The summed E-state index contributed by atoms with van der Waals surface area (Å²) < 4.78 is 1.10. The third-order valence-corrected chi connectivity index (χ3v) is 3.32. The number of hydrogen-bond donors (Lipinski definition) is 2. The smallest absolute Gasteiger partial charge is 0.224 e. The predicted molar refractivity (Wildman–Crippen MR) is 71.3 cm³/mol. The molecule has 0 atom stereocenters. The first-order valence-electron chi connectivity index (χ1n) is 5.56. The van der Waals surface area contributed by atoms with E-state index < -0.39 is 0 Å². The molecule has 0 saturated heterocycles. The number of nitrogens with one attached hydrogen (secondary N) is 1. The van der Waals surface area contributed by atoms with Gasteiger partial charge in [-0.25, -0.2) is 4.98 Å². The van der Waals surface area contributed by atoms with E-state index in [4.69, 9.17) is 5.73 Å². The van der Waals surface area contributed by atoms with Crippen molar-refractivity contribution in [2.75, 3.05) is 11.9 Å². The van der Waals surface area contributed by atoms with Crippen molar-refractivity contribution in [3.63, 3.8) is 0 Å². The van der Waals surface area contributed by atoms with Crippen LogP contribution in [0.1, 0.15) is 17.8 Å². The Morgan fingerprint density at radius 3 is 3.12 bits per heavy atom. The van der Waals surface area contributed by atoms with E-state index in [1.165, 1.54) is 0 Å². The zero-order valence-corrected chi connectivity index (χ0v) is 10.5. The van der Waals surface area contributed by atoms with Crippen LogP contribution in [-0.2, 0) is 4.79 Å². The number of amides is 1. The molecule has 0 unspecified atom stereocenters. The SMILES string of the molecule is Cc1nc2ccc(NC(=O)CCCN)cc2s1. The lowest BCUT2D eigenvalue weighted by Crippen LogP contribution is -2.13. The number of benzene rings is 1. The van der Waals surface area contributed by atoms with Crippen LogP contribution in [0.4, 0.5) is 5.69 Å². The standard InChI is InChI=1S/C12H15N3OS/c1-8-14-10-5-4-9(7-11(10)17-8)15-12(16)3-2-6-13/h4-5,7H,2-3,6,13H2,1H3,(H,15,16). The molecule has 1 aromatic carbocycles. The van der Waals surface area contributed by atoms with Gasteiger partial charge in [0.2, 0.25) is 5.91 Å². The largest absolute Gasteiger partial charge is 0.330 e. The average Bonchev–Trinajstić information content (AvgIpc) is 2.65. The Bertz CT molecular complexity index is 536. The molecule has 0 aliphatic heterocycles. The number of anilines is 1. The lowest BCUT2D eigenvalue weighted by Gasteiger charge is -2.04. The fraction of sp³-hybridized carbons (Fsp3) is 0.333. The van der Waals surface area contributed by atoms with Gasteiger partial charge in [0.1, 0.15) is 0 Å². The summed E-state index contributed by atoms with van der Waals surface area (Å²) in [5, 5.41) is 3.90. The summed E-state index contributed by atoms with van der Waals surface area (Å²) in [7, 11) is 0. The fourth-order valence-corrected chi connectivity index (χ4v) is 2.47. The fourth-order valence-electron chi connectivity index (χ4n) is 1.60. The zero-order valence-electron chi connectivity index (χ0n) is 9.69. The minimum absolute atomic E-state index is 0.0102. The van der Waals surface area contributed by atoms with E-state index in [1.54, 1.807) is 11.3 Å². The quantitative estimate of drug-likeness (QED) is 0.873. The number of carbonyl (C=O) groups is 1. The first-order valence-corrected chi connectivity index (χ1v) is 6.38. The van der Waals surface area contributed by atoms with Gasteiger partial charge in [-0.05, 0) is 38.1 Å². The summed E-state index contributed by atoms with van der Waals surface area (Å²) in [6.07, 6.45) is 1.18. The maximum atomic E-state index is 11.5. The molecule has 0 saturated carbocycles. The van der Waals surface area contributed by atoms with Gasteiger partial charge in [-0.1, -0.05) is 0 Å². The van der Waals surface area contributed by atoms with E-state index in [9.17, 15) is 4.79 Å². The predicted octanol–water partition coefficient (Wildman–Crippen LogP) is 2.28. The average molecular weight is 249 g/mol. The number of carbonyl (C=O) groups excluding carboxylic acids is 1. The summed E-state index contributed by atoms with van der Waals surface area (Å²) >= 11 is 1.63. The molecule has 0 aliphatic rings. The summed E-state index contributed by atoms with van der Waals surface area (Å²) in [5.74, 6) is 0.0102. The van der Waals surface area contributed by atoms with Gasteiger partial charge in [-0.15, -0.1) is 11.3 Å². The third-order valence-electron chi connectivity index (χ3n) is 2.39. The van der Waals surface area contributed by atoms with Gasteiger partial charge in [0.25, 0.3) is 0 Å². The van der Waals surface area contributed by atoms with Crippen molar-refractivity contribution >= 4 is 33.1 Å². The molecule has 1 aromatic heterocycles. The Labute approximate surface area is 104 Å². The number of hydrogen-bond acceptors (Lipinski definition) is 4. The molecule has 0 aliphatic carbocycles. The molecule has 90 valence electrons. The van der Waals surface area contributed by atoms with E-state index in [1.807, 2.05) is 25.1 Å². The van der Waals surface area contributed by atoms with E-state index in [0.29, 0.717) is 19.4 Å². The highest BCUT2D eigenvalue weighted by molar-refractivity contribution is 7.18. The van der Waals surface area contributed by atoms with Crippen LogP contribution in [0.25, 0.3) is 10.2 Å². The van der Waals surface area contributed by atoms with Crippen LogP contribution in [0, 0.1) is 6.92 Å². The lowest BCUT2D eigenvalue weighted by atomic mass is 10.2. The molecule has 0 radical (unpaired) electrons. The summed E-state index contributed by atoms with van der Waals surface area (Å²) in [4.78, 5) is 15.9. The second-order valence-electron chi connectivity index (χ2n) is 3.86. The van der Waals surface area contributed by atoms with Gasteiger partial charge in [-0.3, -0.25) is 4.79 Å². The Balaban J connectivity index is 2.10. The second-order valence-corrected chi connectivity index (χ2v) is 5.09. The monoisotopic (exact) mass is 249 g/mol. The van der Waals surface area contributed by atoms with Crippen LogP contribution in [0.15, 0.2) is 18.2 Å². The van der Waals surface area contributed by atoms with E-state index in [0.717, 1.165) is 20.9 Å². The molecule has 0 spiro atoms. The Morgan fingerprint density at radius 1 is 1.53 bits per heavy atom. The lowest BCUT2D eigenvalue weighted by molar-refractivity contribution is -0.116. The molecule has 2 aromatic rings. The van der Waals surface area contributed by atoms with Crippen molar-refractivity contribution in [2.24, 2.45) is 5.73 Å².